The van der Waals surface area contributed by atoms with Gasteiger partial charge in [-0.3, -0.25) is 0 Å². The predicted octanol–water partition coefficient (Wildman–Crippen LogP) is 3.36. The lowest BCUT2D eigenvalue weighted by molar-refractivity contribution is 0.262. The number of benzene rings is 2. The second-order valence-electron chi connectivity index (χ2n) is 4.13. The summed E-state index contributed by atoms with van der Waals surface area (Å²) in [4.78, 5) is 11.8. The Kier molecular flexibility index (Phi) is 3.66. The Morgan fingerprint density at radius 2 is 1.79 bits per heavy atom. The van der Waals surface area contributed by atoms with Crippen molar-refractivity contribution in [2.75, 3.05) is 16.4 Å². The molecule has 4 nitrogen and oxygen atoms in total. The normalized spacial score (nSPS) is 10.0. The summed E-state index contributed by atoms with van der Waals surface area (Å²) in [5, 5.41) is 5.07. The lowest BCUT2D eigenvalue weighted by Crippen LogP contribution is -2.20. The van der Waals surface area contributed by atoms with Crippen molar-refractivity contribution >= 4 is 23.1 Å². The van der Waals surface area contributed by atoms with E-state index in [0.717, 1.165) is 5.56 Å². The molecule has 2 rings (SSSR count). The van der Waals surface area contributed by atoms with Crippen LogP contribution < -0.4 is 16.4 Å². The summed E-state index contributed by atoms with van der Waals surface area (Å²) < 4.78 is 13.4. The summed E-state index contributed by atoms with van der Waals surface area (Å²) in [6.07, 6.45) is 0. The first kappa shape index (κ1) is 12.9. The number of carbonyl (C=O) groups excluding carboxylic acids is 1. The second kappa shape index (κ2) is 5.39. The lowest BCUT2D eigenvalue weighted by atomic mass is 10.2. The molecular weight excluding hydrogens is 245 g/mol. The van der Waals surface area contributed by atoms with Crippen molar-refractivity contribution in [1.29, 1.82) is 0 Å². The largest absolute Gasteiger partial charge is 0.399 e. The van der Waals surface area contributed by atoms with Gasteiger partial charge in [-0.25, -0.2) is 9.18 Å². The van der Waals surface area contributed by atoms with Crippen LogP contribution >= 0.6 is 0 Å². The van der Waals surface area contributed by atoms with Crippen LogP contribution in [0.25, 0.3) is 0 Å². The smallest absolute Gasteiger partial charge is 0.323 e. The molecule has 5 heteroatoms. The van der Waals surface area contributed by atoms with Gasteiger partial charge in [-0.05, 0) is 36.8 Å². The molecule has 0 unspecified atom stereocenters. The molecule has 19 heavy (non-hydrogen) atoms. The number of para-hydroxylation sites is 1. The molecular formula is C14H14FN3O. The fourth-order valence-electron chi connectivity index (χ4n) is 1.61. The van der Waals surface area contributed by atoms with E-state index in [2.05, 4.69) is 10.6 Å². The molecule has 0 aliphatic heterocycles. The van der Waals surface area contributed by atoms with Gasteiger partial charge in [0.1, 0.15) is 5.82 Å². The van der Waals surface area contributed by atoms with Gasteiger partial charge in [0.05, 0.1) is 5.69 Å². The van der Waals surface area contributed by atoms with E-state index in [1.807, 2.05) is 6.92 Å². The Morgan fingerprint density at radius 1 is 1.11 bits per heavy atom. The number of urea groups is 1. The molecule has 0 spiro atoms. The van der Waals surface area contributed by atoms with Gasteiger partial charge in [0.2, 0.25) is 0 Å². The van der Waals surface area contributed by atoms with Gasteiger partial charge in [0, 0.05) is 11.4 Å². The van der Waals surface area contributed by atoms with Gasteiger partial charge in [-0.2, -0.15) is 0 Å². The SMILES string of the molecule is Cc1ccc(N)cc1NC(=O)Nc1ccccc1F. The zero-order valence-electron chi connectivity index (χ0n) is 10.4. The van der Waals surface area contributed by atoms with Crippen molar-refractivity contribution in [3.63, 3.8) is 0 Å². The molecule has 0 fully saturated rings. The van der Waals surface area contributed by atoms with E-state index in [1.165, 1.54) is 12.1 Å². The van der Waals surface area contributed by atoms with E-state index in [-0.39, 0.29) is 5.69 Å². The monoisotopic (exact) mass is 259 g/mol. The van der Waals surface area contributed by atoms with Crippen LogP contribution in [-0.4, -0.2) is 6.03 Å². The molecule has 4 N–H and O–H groups in total. The van der Waals surface area contributed by atoms with E-state index < -0.39 is 11.8 Å². The Morgan fingerprint density at radius 3 is 2.53 bits per heavy atom. The first-order chi connectivity index (χ1) is 9.06. The third-order valence-electron chi connectivity index (χ3n) is 2.63. The standard InChI is InChI=1S/C14H14FN3O/c1-9-6-7-10(16)8-13(9)18-14(19)17-12-5-3-2-4-11(12)15/h2-8H,16H2,1H3,(H2,17,18,19). The average Bonchev–Trinajstić information content (AvgIpc) is 2.37. The summed E-state index contributed by atoms with van der Waals surface area (Å²) in [5.74, 6) is -0.484. The molecule has 0 aromatic heterocycles. The van der Waals surface area contributed by atoms with Crippen molar-refractivity contribution in [2.24, 2.45) is 0 Å². The maximum Gasteiger partial charge on any atom is 0.323 e. The van der Waals surface area contributed by atoms with Crippen molar-refractivity contribution in [2.45, 2.75) is 6.92 Å². The molecule has 0 aliphatic carbocycles. The number of nitrogens with two attached hydrogens (primary N) is 1. The fraction of sp³-hybridized carbons (Fsp3) is 0.0714. The number of hydrogen-bond acceptors (Lipinski definition) is 2. The van der Waals surface area contributed by atoms with Crippen molar-refractivity contribution in [3.05, 3.63) is 53.8 Å². The fourth-order valence-corrected chi connectivity index (χ4v) is 1.61. The highest BCUT2D eigenvalue weighted by molar-refractivity contribution is 6.00. The molecule has 0 saturated heterocycles. The molecule has 2 amide bonds. The summed E-state index contributed by atoms with van der Waals surface area (Å²) in [6, 6.07) is 10.6. The maximum absolute atomic E-state index is 13.4. The third-order valence-corrected chi connectivity index (χ3v) is 2.63. The van der Waals surface area contributed by atoms with Crippen molar-refractivity contribution in [3.8, 4) is 0 Å². The average molecular weight is 259 g/mol. The number of halogens is 1. The summed E-state index contributed by atoms with van der Waals surface area (Å²) in [7, 11) is 0. The number of rotatable bonds is 2. The van der Waals surface area contributed by atoms with Gasteiger partial charge in [0.25, 0.3) is 0 Å². The zero-order chi connectivity index (χ0) is 13.8. The first-order valence-electron chi connectivity index (χ1n) is 5.75. The summed E-state index contributed by atoms with van der Waals surface area (Å²) in [6.45, 7) is 1.85. The Bertz CT molecular complexity index is 613. The van der Waals surface area contributed by atoms with E-state index in [4.69, 9.17) is 5.73 Å². The molecule has 98 valence electrons. The lowest BCUT2D eigenvalue weighted by Gasteiger charge is -2.11. The van der Waals surface area contributed by atoms with Crippen molar-refractivity contribution in [1.82, 2.24) is 0 Å². The molecule has 0 heterocycles. The quantitative estimate of drug-likeness (QED) is 0.724. The Labute approximate surface area is 110 Å². The zero-order valence-corrected chi connectivity index (χ0v) is 10.4. The molecule has 0 aliphatic rings. The molecule has 2 aromatic carbocycles. The van der Waals surface area contributed by atoms with E-state index >= 15 is 0 Å². The van der Waals surface area contributed by atoms with Crippen LogP contribution in [-0.2, 0) is 0 Å². The molecule has 0 saturated carbocycles. The van der Waals surface area contributed by atoms with Crippen LogP contribution in [0.15, 0.2) is 42.5 Å². The molecule has 0 bridgehead atoms. The number of amides is 2. The summed E-state index contributed by atoms with van der Waals surface area (Å²) in [5.41, 5.74) is 7.79. The molecule has 2 aromatic rings. The van der Waals surface area contributed by atoms with Crippen LogP contribution in [0, 0.1) is 12.7 Å². The van der Waals surface area contributed by atoms with E-state index in [1.54, 1.807) is 30.3 Å². The van der Waals surface area contributed by atoms with Gasteiger partial charge in [-0.1, -0.05) is 18.2 Å². The maximum atomic E-state index is 13.4. The van der Waals surface area contributed by atoms with Crippen molar-refractivity contribution < 1.29 is 9.18 Å². The minimum Gasteiger partial charge on any atom is -0.399 e. The first-order valence-corrected chi connectivity index (χ1v) is 5.75. The number of aryl methyl sites for hydroxylation is 1. The minimum atomic E-state index is -0.515. The summed E-state index contributed by atoms with van der Waals surface area (Å²) >= 11 is 0. The number of anilines is 3. The Hall–Kier alpha value is -2.56. The highest BCUT2D eigenvalue weighted by Crippen LogP contribution is 2.19. The number of nitrogens with one attached hydrogen (secondary N) is 2. The van der Waals surface area contributed by atoms with Gasteiger partial charge >= 0.3 is 6.03 Å². The minimum absolute atomic E-state index is 0.126. The van der Waals surface area contributed by atoms with E-state index in [9.17, 15) is 9.18 Å². The van der Waals surface area contributed by atoms with Crippen LogP contribution in [0.4, 0.5) is 26.2 Å². The predicted molar refractivity (Wildman–Crippen MR) is 74.6 cm³/mol. The number of hydrogen-bond donors (Lipinski definition) is 3. The van der Waals surface area contributed by atoms with E-state index in [0.29, 0.717) is 11.4 Å². The van der Waals surface area contributed by atoms with Gasteiger partial charge in [-0.15, -0.1) is 0 Å². The van der Waals surface area contributed by atoms with Crippen LogP contribution in [0.2, 0.25) is 0 Å². The van der Waals surface area contributed by atoms with Crippen LogP contribution in [0.5, 0.6) is 0 Å². The second-order valence-corrected chi connectivity index (χ2v) is 4.13. The molecule has 0 radical (unpaired) electrons. The Balaban J connectivity index is 2.10. The highest BCUT2D eigenvalue weighted by atomic mass is 19.1. The highest BCUT2D eigenvalue weighted by Gasteiger charge is 2.07. The van der Waals surface area contributed by atoms with Gasteiger partial charge in [0.15, 0.2) is 0 Å². The van der Waals surface area contributed by atoms with Crippen LogP contribution in [0.3, 0.4) is 0 Å². The number of carbonyl (C=O) groups is 1. The molecule has 0 atom stereocenters. The number of nitrogen functional groups attached to an aromatic ring is 1. The third kappa shape index (κ3) is 3.22. The topological polar surface area (TPSA) is 67.1 Å². The van der Waals surface area contributed by atoms with Gasteiger partial charge < -0.3 is 16.4 Å². The van der Waals surface area contributed by atoms with Crippen LogP contribution in [0.1, 0.15) is 5.56 Å².